The fourth-order valence-electron chi connectivity index (χ4n) is 10.8. The van der Waals surface area contributed by atoms with Crippen molar-refractivity contribution < 1.29 is 61.9 Å². The van der Waals surface area contributed by atoms with E-state index in [0.717, 1.165) is 11.3 Å². The van der Waals surface area contributed by atoms with Crippen molar-refractivity contribution >= 4 is 39.2 Å². The first kappa shape index (κ1) is 43.0. The molecule has 0 aromatic heterocycles. The molecular formula is C46H60O13Si2. The van der Waals surface area contributed by atoms with Gasteiger partial charge >= 0.3 is 8.56 Å². The third-order valence-corrected chi connectivity index (χ3v) is 24.2. The van der Waals surface area contributed by atoms with Crippen LogP contribution in [0, 0.1) is 12.8 Å². The first-order valence-electron chi connectivity index (χ1n) is 21.3. The number of ether oxygens (including phenoxy) is 5. The third kappa shape index (κ3) is 5.39. The average Bonchev–Trinajstić information content (AvgIpc) is 3.40. The van der Waals surface area contributed by atoms with Crippen LogP contribution in [0.5, 0.6) is 17.2 Å². The van der Waals surface area contributed by atoms with Crippen molar-refractivity contribution in [3.8, 4) is 17.2 Å². The highest BCUT2D eigenvalue weighted by atomic mass is 28.4. The summed E-state index contributed by atoms with van der Waals surface area (Å²) < 4.78 is 53.0. The Labute approximate surface area is 359 Å². The molecule has 8 atom stereocenters. The number of ketones is 2. The van der Waals surface area contributed by atoms with Crippen LogP contribution >= 0.6 is 0 Å². The molecule has 3 aromatic rings. The largest absolute Gasteiger partial charge is 0.510 e. The summed E-state index contributed by atoms with van der Waals surface area (Å²) >= 11 is 0. The van der Waals surface area contributed by atoms with E-state index in [0.29, 0.717) is 50.1 Å². The zero-order chi connectivity index (χ0) is 44.4. The van der Waals surface area contributed by atoms with Gasteiger partial charge in [-0.15, -0.1) is 0 Å². The first-order chi connectivity index (χ1) is 28.3. The van der Waals surface area contributed by atoms with Crippen LogP contribution in [0.25, 0.3) is 10.8 Å². The van der Waals surface area contributed by atoms with Gasteiger partial charge < -0.3 is 52.3 Å². The van der Waals surface area contributed by atoms with Crippen molar-refractivity contribution in [2.24, 2.45) is 5.92 Å². The topological polar surface area (TPSA) is 172 Å². The SMILES string of the molecule is COc1ccc(COC2CC(O[Si](C)(C)C(C)(C)C)C(=O)c3c2c(CO)c2cc(C)c(C4OC56OC4C(=O)C54OC4(O)C6CO)c4c2c3O[Si](C(C)(C)C)(C(C)(C)C)O4)cc1. The van der Waals surface area contributed by atoms with E-state index in [1.54, 1.807) is 7.11 Å². The van der Waals surface area contributed by atoms with E-state index in [2.05, 4.69) is 75.4 Å². The fraction of sp³-hybridized carbons (Fsp3) is 0.609. The number of aliphatic hydroxyl groups is 3. The highest BCUT2D eigenvalue weighted by molar-refractivity contribution is 6.75. The summed E-state index contributed by atoms with van der Waals surface area (Å²) in [6.07, 6.45) is -3.52. The molecule has 330 valence electrons. The van der Waals surface area contributed by atoms with Gasteiger partial charge in [0.05, 0.1) is 49.9 Å². The normalized spacial score (nSPS) is 32.2. The van der Waals surface area contributed by atoms with Crippen LogP contribution in [-0.2, 0) is 41.4 Å². The second-order valence-electron chi connectivity index (χ2n) is 21.4. The summed E-state index contributed by atoms with van der Waals surface area (Å²) in [7, 11) is -4.55. The van der Waals surface area contributed by atoms with E-state index in [1.165, 1.54) is 0 Å². The molecule has 4 fully saturated rings. The number of rotatable bonds is 9. The molecule has 3 aromatic carbocycles. The molecular weight excluding hydrogens is 817 g/mol. The molecule has 2 aliphatic carbocycles. The van der Waals surface area contributed by atoms with E-state index in [-0.39, 0.29) is 23.8 Å². The Hall–Kier alpha value is -3.23. The molecule has 1 saturated carbocycles. The van der Waals surface area contributed by atoms with Crippen LogP contribution in [0.1, 0.15) is 119 Å². The Morgan fingerprint density at radius 2 is 1.51 bits per heavy atom. The van der Waals surface area contributed by atoms with E-state index in [1.807, 2.05) is 37.3 Å². The molecule has 8 unspecified atom stereocenters. The highest BCUT2D eigenvalue weighted by Crippen LogP contribution is 2.80. The molecule has 4 aliphatic heterocycles. The number of aryl methyl sites for hydroxylation is 1. The second-order valence-corrected chi connectivity index (χ2v) is 30.8. The summed E-state index contributed by atoms with van der Waals surface area (Å²) in [6, 6.07) is 9.55. The molecule has 0 amide bonds. The number of hydrogen-bond donors (Lipinski definition) is 3. The molecule has 13 nitrogen and oxygen atoms in total. The number of carbonyl (C=O) groups excluding carboxylic acids is 2. The molecule has 61 heavy (non-hydrogen) atoms. The molecule has 2 bridgehead atoms. The maximum Gasteiger partial charge on any atom is 0.471 e. The number of carbonyl (C=O) groups is 2. The number of hydrogen-bond acceptors (Lipinski definition) is 13. The zero-order valence-corrected chi connectivity index (χ0v) is 39.5. The Kier molecular flexibility index (Phi) is 9.30. The van der Waals surface area contributed by atoms with E-state index in [9.17, 15) is 20.1 Å². The number of aliphatic hydroxyl groups excluding tert-OH is 2. The van der Waals surface area contributed by atoms with Crippen LogP contribution in [0.2, 0.25) is 28.2 Å². The van der Waals surface area contributed by atoms with Crippen molar-refractivity contribution in [2.45, 2.75) is 159 Å². The Balaban J connectivity index is 1.29. The van der Waals surface area contributed by atoms with Crippen molar-refractivity contribution in [3.63, 3.8) is 0 Å². The van der Waals surface area contributed by atoms with Gasteiger partial charge in [0.2, 0.25) is 23.0 Å². The van der Waals surface area contributed by atoms with E-state index in [4.69, 9.17) is 37.0 Å². The van der Waals surface area contributed by atoms with Crippen molar-refractivity contribution in [3.05, 3.63) is 63.7 Å². The molecule has 0 radical (unpaired) electrons. The summed E-state index contributed by atoms with van der Waals surface area (Å²) in [4.78, 5) is 29.7. The number of benzene rings is 3. The Morgan fingerprint density at radius 1 is 0.885 bits per heavy atom. The Bertz CT molecular complexity index is 2360. The van der Waals surface area contributed by atoms with Gasteiger partial charge in [0.25, 0.3) is 0 Å². The molecule has 2 spiro atoms. The van der Waals surface area contributed by atoms with Crippen LogP contribution in [0.3, 0.4) is 0 Å². The lowest BCUT2D eigenvalue weighted by molar-refractivity contribution is -0.298. The van der Waals surface area contributed by atoms with Gasteiger partial charge in [-0.25, -0.2) is 0 Å². The lowest BCUT2D eigenvalue weighted by Gasteiger charge is -2.52. The van der Waals surface area contributed by atoms with E-state index >= 15 is 4.79 Å². The minimum Gasteiger partial charge on any atom is -0.510 e. The summed E-state index contributed by atoms with van der Waals surface area (Å²) in [5, 5.41) is 32.7. The van der Waals surface area contributed by atoms with Gasteiger partial charge in [-0.2, -0.15) is 0 Å². The molecule has 15 heteroatoms. The Morgan fingerprint density at radius 3 is 2.08 bits per heavy atom. The van der Waals surface area contributed by atoms with Crippen molar-refractivity contribution in [1.82, 2.24) is 0 Å². The lowest BCUT2D eigenvalue weighted by Crippen LogP contribution is -2.72. The highest BCUT2D eigenvalue weighted by Gasteiger charge is 3.05. The fourth-order valence-corrected chi connectivity index (χ4v) is 16.6. The van der Waals surface area contributed by atoms with Crippen molar-refractivity contribution in [2.75, 3.05) is 13.7 Å². The van der Waals surface area contributed by atoms with Gasteiger partial charge in [0.1, 0.15) is 29.5 Å². The predicted molar refractivity (Wildman–Crippen MR) is 228 cm³/mol. The molecule has 4 heterocycles. The third-order valence-electron chi connectivity index (χ3n) is 14.8. The second kappa shape index (κ2) is 13.2. The van der Waals surface area contributed by atoms with Gasteiger partial charge in [0.15, 0.2) is 20.2 Å². The van der Waals surface area contributed by atoms with Gasteiger partial charge in [-0.05, 0) is 59.3 Å². The number of methoxy groups -OCH3 is 1. The number of epoxide rings is 1. The maximum absolute atomic E-state index is 15.5. The first-order valence-corrected chi connectivity index (χ1v) is 26.1. The quantitative estimate of drug-likeness (QED) is 0.143. The van der Waals surface area contributed by atoms with Crippen LogP contribution in [-0.4, -0.2) is 86.9 Å². The molecule has 3 saturated heterocycles. The van der Waals surface area contributed by atoms with Gasteiger partial charge in [-0.1, -0.05) is 80.5 Å². The maximum atomic E-state index is 15.5. The van der Waals surface area contributed by atoms with Crippen LogP contribution in [0.4, 0.5) is 0 Å². The zero-order valence-electron chi connectivity index (χ0n) is 37.5. The van der Waals surface area contributed by atoms with Crippen molar-refractivity contribution in [1.29, 1.82) is 0 Å². The minimum absolute atomic E-state index is 0.208. The summed E-state index contributed by atoms with van der Waals surface area (Å²) in [6.45, 7) is 24.3. The molecule has 3 N–H and O–H groups in total. The standard InChI is InChI=1S/C46H60O13Si2/c1-23-18-26-27(20-47)32-28(53-22-24-14-16-25(52-11)17-15-24)19-29(56-60(12,13)41(2,3)4)35(49)34(32)37-33(26)36(57-61(58-37,42(5,6)7)43(8,9)10)31(23)38-39-40(50)44-45(51,59-44)30(21-48)46(44,54-38)55-39/h14-18,28-30,38-39,47-48,51H,19-22H2,1-13H3. The summed E-state index contributed by atoms with van der Waals surface area (Å²) in [5.41, 5.74) is 1.80. The molecule has 9 rings (SSSR count). The van der Waals surface area contributed by atoms with Gasteiger partial charge in [-0.3, -0.25) is 9.59 Å². The van der Waals surface area contributed by atoms with E-state index < -0.39 is 93.5 Å². The van der Waals surface area contributed by atoms with Gasteiger partial charge in [0, 0.05) is 27.6 Å². The average molecular weight is 877 g/mol. The minimum atomic E-state index is -3.62. The molecule has 6 aliphatic rings. The summed E-state index contributed by atoms with van der Waals surface area (Å²) in [5.74, 6) is -3.79. The monoisotopic (exact) mass is 876 g/mol. The van der Waals surface area contributed by atoms with Crippen LogP contribution < -0.4 is 13.6 Å². The smallest absolute Gasteiger partial charge is 0.471 e. The predicted octanol–water partition coefficient (Wildman–Crippen LogP) is 7.51. The lowest BCUT2D eigenvalue weighted by atomic mass is 9.63. The van der Waals surface area contributed by atoms with Crippen LogP contribution in [0.15, 0.2) is 30.3 Å². The number of fused-ring (bicyclic) bond motifs is 3. The number of Topliss-reactive ketones (excluding diaryl/α,β-unsaturated/α-hetero) is 2.